The normalized spacial score (nSPS) is 11.2. The first-order valence-electron chi connectivity index (χ1n) is 7.75. The second kappa shape index (κ2) is 9.46. The van der Waals surface area contributed by atoms with Gasteiger partial charge in [-0.2, -0.15) is 5.26 Å². The molecule has 1 N–H and O–H groups in total. The number of amides is 2. The summed E-state index contributed by atoms with van der Waals surface area (Å²) in [7, 11) is 0. The van der Waals surface area contributed by atoms with Crippen LogP contribution in [0.5, 0.6) is 0 Å². The molecule has 1 aromatic carbocycles. The summed E-state index contributed by atoms with van der Waals surface area (Å²) in [5.74, 6) is -0.319. The van der Waals surface area contributed by atoms with Crippen molar-refractivity contribution in [3.63, 3.8) is 0 Å². The van der Waals surface area contributed by atoms with Crippen LogP contribution in [0.25, 0.3) is 0 Å². The van der Waals surface area contributed by atoms with E-state index in [1.807, 2.05) is 19.9 Å². The maximum absolute atomic E-state index is 12.5. The third-order valence-corrected chi connectivity index (χ3v) is 3.49. The van der Waals surface area contributed by atoms with Gasteiger partial charge < -0.3 is 15.0 Å². The Hall–Kier alpha value is -2.55. The van der Waals surface area contributed by atoms with Gasteiger partial charge in [-0.15, -0.1) is 0 Å². The van der Waals surface area contributed by atoms with Gasteiger partial charge in [0, 0.05) is 18.3 Å². The molecular formula is C17H23N3O3. The highest BCUT2D eigenvalue weighted by Gasteiger charge is 2.20. The lowest BCUT2D eigenvalue weighted by molar-refractivity contribution is -0.143. The molecule has 0 saturated heterocycles. The predicted molar refractivity (Wildman–Crippen MR) is 87.9 cm³/mol. The topological polar surface area (TPSA) is 82.4 Å². The zero-order valence-electron chi connectivity index (χ0n) is 13.8. The lowest BCUT2D eigenvalue weighted by Gasteiger charge is -2.28. The fourth-order valence-corrected chi connectivity index (χ4v) is 2.05. The maximum Gasteiger partial charge on any atom is 0.322 e. The summed E-state index contributed by atoms with van der Waals surface area (Å²) < 4.78 is 4.90. The van der Waals surface area contributed by atoms with Crippen molar-refractivity contribution in [3.05, 3.63) is 29.8 Å². The van der Waals surface area contributed by atoms with Crippen LogP contribution in [0.2, 0.25) is 0 Å². The number of nitriles is 1. The summed E-state index contributed by atoms with van der Waals surface area (Å²) in [6, 6.07) is 8.44. The van der Waals surface area contributed by atoms with E-state index in [1.54, 1.807) is 36.1 Å². The first-order valence-corrected chi connectivity index (χ1v) is 7.75. The van der Waals surface area contributed by atoms with Gasteiger partial charge in [-0.3, -0.25) is 4.79 Å². The number of nitrogens with one attached hydrogen (secondary N) is 1. The fraction of sp³-hybridized carbons (Fsp3) is 0.471. The molecule has 6 heteroatoms. The largest absolute Gasteiger partial charge is 0.466 e. The van der Waals surface area contributed by atoms with E-state index in [0.29, 0.717) is 17.9 Å². The summed E-state index contributed by atoms with van der Waals surface area (Å²) in [5, 5.41) is 11.7. The molecule has 124 valence electrons. The molecule has 1 rings (SSSR count). The van der Waals surface area contributed by atoms with Crippen LogP contribution in [0, 0.1) is 11.3 Å². The van der Waals surface area contributed by atoms with Gasteiger partial charge in [0.2, 0.25) is 0 Å². The molecule has 0 aromatic heterocycles. The van der Waals surface area contributed by atoms with Crippen molar-refractivity contribution in [2.24, 2.45) is 0 Å². The van der Waals surface area contributed by atoms with Gasteiger partial charge in [0.15, 0.2) is 0 Å². The van der Waals surface area contributed by atoms with Crippen molar-refractivity contribution in [1.82, 2.24) is 4.90 Å². The highest BCUT2D eigenvalue weighted by atomic mass is 16.5. The number of esters is 1. The summed E-state index contributed by atoms with van der Waals surface area (Å²) in [6.45, 7) is 6.27. The summed E-state index contributed by atoms with van der Waals surface area (Å²) in [5.41, 5.74) is 1.03. The minimum Gasteiger partial charge on any atom is -0.466 e. The van der Waals surface area contributed by atoms with Gasteiger partial charge in [-0.25, -0.2) is 4.79 Å². The third-order valence-electron chi connectivity index (χ3n) is 3.49. The Bertz CT molecular complexity index is 581. The lowest BCUT2D eigenvalue weighted by atomic mass is 10.2. The Morgan fingerprint density at radius 3 is 2.74 bits per heavy atom. The van der Waals surface area contributed by atoms with E-state index >= 15 is 0 Å². The van der Waals surface area contributed by atoms with Crippen LogP contribution in [-0.2, 0) is 9.53 Å². The van der Waals surface area contributed by atoms with Gasteiger partial charge >= 0.3 is 12.0 Å². The van der Waals surface area contributed by atoms with Crippen LogP contribution in [-0.4, -0.2) is 36.1 Å². The highest BCUT2D eigenvalue weighted by molar-refractivity contribution is 5.90. The Kier molecular flexibility index (Phi) is 7.61. The van der Waals surface area contributed by atoms with Crippen LogP contribution in [0.3, 0.4) is 0 Å². The Balaban J connectivity index is 2.75. The minimum atomic E-state index is -0.319. The Labute approximate surface area is 137 Å². The van der Waals surface area contributed by atoms with Gasteiger partial charge in [0.25, 0.3) is 0 Å². The van der Waals surface area contributed by atoms with Crippen molar-refractivity contribution >= 4 is 17.7 Å². The molecule has 0 aliphatic heterocycles. The molecule has 0 saturated carbocycles. The van der Waals surface area contributed by atoms with Crippen LogP contribution >= 0.6 is 0 Å². The monoisotopic (exact) mass is 317 g/mol. The minimum absolute atomic E-state index is 0.0106. The number of urea groups is 1. The number of rotatable bonds is 7. The average Bonchev–Trinajstić information content (AvgIpc) is 2.55. The number of hydrogen-bond donors (Lipinski definition) is 1. The van der Waals surface area contributed by atoms with E-state index in [4.69, 9.17) is 10.00 Å². The Morgan fingerprint density at radius 2 is 2.13 bits per heavy atom. The van der Waals surface area contributed by atoms with Gasteiger partial charge in [-0.1, -0.05) is 13.0 Å². The van der Waals surface area contributed by atoms with Crippen molar-refractivity contribution in [1.29, 1.82) is 5.26 Å². The molecule has 0 bridgehead atoms. The van der Waals surface area contributed by atoms with Crippen LogP contribution in [0.4, 0.5) is 10.5 Å². The number of benzene rings is 1. The van der Waals surface area contributed by atoms with Crippen molar-refractivity contribution in [2.45, 2.75) is 39.7 Å². The molecule has 0 heterocycles. The molecule has 0 fully saturated rings. The van der Waals surface area contributed by atoms with Crippen LogP contribution in [0.1, 0.15) is 39.2 Å². The van der Waals surface area contributed by atoms with Gasteiger partial charge in [0.1, 0.15) is 0 Å². The van der Waals surface area contributed by atoms with E-state index < -0.39 is 0 Å². The number of ether oxygens (including phenoxy) is 1. The number of carbonyl (C=O) groups is 2. The van der Waals surface area contributed by atoms with Crippen LogP contribution in [0.15, 0.2) is 24.3 Å². The zero-order valence-corrected chi connectivity index (χ0v) is 13.8. The van der Waals surface area contributed by atoms with E-state index in [1.165, 1.54) is 0 Å². The molecule has 2 amide bonds. The first kappa shape index (κ1) is 18.5. The standard InChI is InChI=1S/C17H23N3O3/c1-4-13(3)20(10-9-16(21)23-5-2)17(22)19-15-8-6-7-14(11-15)12-18/h6-8,11,13H,4-5,9-10H2,1-3H3,(H,19,22). The lowest BCUT2D eigenvalue weighted by Crippen LogP contribution is -2.42. The second-order valence-corrected chi connectivity index (χ2v) is 5.13. The SMILES string of the molecule is CCOC(=O)CCN(C(=O)Nc1cccc(C#N)c1)C(C)CC. The molecular weight excluding hydrogens is 294 g/mol. The number of nitrogens with zero attached hydrogens (tertiary/aromatic N) is 2. The van der Waals surface area contributed by atoms with E-state index in [0.717, 1.165) is 6.42 Å². The summed E-state index contributed by atoms with van der Waals surface area (Å²) >= 11 is 0. The molecule has 0 spiro atoms. The summed E-state index contributed by atoms with van der Waals surface area (Å²) in [4.78, 5) is 25.6. The third kappa shape index (κ3) is 5.99. The summed E-state index contributed by atoms with van der Waals surface area (Å²) in [6.07, 6.45) is 0.929. The molecule has 0 radical (unpaired) electrons. The Morgan fingerprint density at radius 1 is 1.39 bits per heavy atom. The quantitative estimate of drug-likeness (QED) is 0.783. The number of carbonyl (C=O) groups excluding carboxylic acids is 2. The maximum atomic E-state index is 12.5. The average molecular weight is 317 g/mol. The van der Waals surface area contributed by atoms with Crippen molar-refractivity contribution in [2.75, 3.05) is 18.5 Å². The molecule has 0 aliphatic rings. The highest BCUT2D eigenvalue weighted by Crippen LogP contribution is 2.13. The zero-order chi connectivity index (χ0) is 17.2. The van der Waals surface area contributed by atoms with Gasteiger partial charge in [-0.05, 0) is 38.5 Å². The van der Waals surface area contributed by atoms with Crippen molar-refractivity contribution < 1.29 is 14.3 Å². The molecule has 0 aliphatic carbocycles. The fourth-order valence-electron chi connectivity index (χ4n) is 2.05. The van der Waals surface area contributed by atoms with E-state index in [2.05, 4.69) is 5.32 Å². The molecule has 23 heavy (non-hydrogen) atoms. The number of hydrogen-bond acceptors (Lipinski definition) is 4. The van der Waals surface area contributed by atoms with Crippen LogP contribution < -0.4 is 5.32 Å². The molecule has 1 aromatic rings. The smallest absolute Gasteiger partial charge is 0.322 e. The second-order valence-electron chi connectivity index (χ2n) is 5.13. The van der Waals surface area contributed by atoms with E-state index in [-0.39, 0.29) is 31.0 Å². The van der Waals surface area contributed by atoms with Gasteiger partial charge in [0.05, 0.1) is 24.7 Å². The molecule has 1 unspecified atom stereocenters. The molecule has 6 nitrogen and oxygen atoms in total. The van der Waals surface area contributed by atoms with Crippen molar-refractivity contribution in [3.8, 4) is 6.07 Å². The number of anilines is 1. The first-order chi connectivity index (χ1) is 11.0. The van der Waals surface area contributed by atoms with E-state index in [9.17, 15) is 9.59 Å². The molecule has 1 atom stereocenters. The predicted octanol–water partition coefficient (Wildman–Crippen LogP) is 3.14.